The molecule has 1 aliphatic rings. The molecule has 3 aromatic carbocycles. The average Bonchev–Trinajstić information content (AvgIpc) is 2.89. The molecule has 1 saturated heterocycles. The van der Waals surface area contributed by atoms with Crippen molar-refractivity contribution in [2.24, 2.45) is 0 Å². The minimum Gasteiger partial charge on any atom is -0.351 e. The average molecular weight is 467 g/mol. The van der Waals surface area contributed by atoms with E-state index < -0.39 is 0 Å². The Morgan fingerprint density at radius 3 is 2.40 bits per heavy atom. The number of piperazine rings is 1. The van der Waals surface area contributed by atoms with E-state index in [1.807, 2.05) is 43.3 Å². The molecule has 4 aromatic rings. The van der Waals surface area contributed by atoms with Gasteiger partial charge in [-0.2, -0.15) is 5.26 Å². The third-order valence-electron chi connectivity index (χ3n) is 6.24. The summed E-state index contributed by atoms with van der Waals surface area (Å²) in [6.45, 7) is 3.72. The Balaban J connectivity index is 1.37. The number of urea groups is 1. The molecule has 0 radical (unpaired) electrons. The zero-order valence-electron chi connectivity index (χ0n) is 19.1. The second kappa shape index (κ2) is 9.39. The Morgan fingerprint density at radius 1 is 1.00 bits per heavy atom. The number of fused-ring (bicyclic) bond motifs is 1. The van der Waals surface area contributed by atoms with E-state index in [9.17, 15) is 9.18 Å². The molecule has 2 heterocycles. The van der Waals surface area contributed by atoms with Crippen LogP contribution >= 0.6 is 0 Å². The first-order valence-corrected chi connectivity index (χ1v) is 11.4. The molecule has 1 aliphatic heterocycles. The van der Waals surface area contributed by atoms with Crippen LogP contribution in [0.15, 0.2) is 72.8 Å². The normalized spacial score (nSPS) is 15.6. The van der Waals surface area contributed by atoms with Gasteiger partial charge in [0.25, 0.3) is 0 Å². The highest BCUT2D eigenvalue weighted by Gasteiger charge is 2.29. The second-order valence-corrected chi connectivity index (χ2v) is 8.53. The third kappa shape index (κ3) is 4.49. The number of nitriles is 1. The van der Waals surface area contributed by atoms with Crippen LogP contribution in [0.2, 0.25) is 0 Å². The number of nitrogens with zero attached hydrogens (tertiary/aromatic N) is 5. The summed E-state index contributed by atoms with van der Waals surface area (Å²) in [4.78, 5) is 16.8. The number of hydrogen-bond donors (Lipinski definition) is 1. The van der Waals surface area contributed by atoms with Crippen LogP contribution in [-0.2, 0) is 0 Å². The highest BCUT2D eigenvalue weighted by molar-refractivity contribution is 6.00. The van der Waals surface area contributed by atoms with E-state index >= 15 is 0 Å². The summed E-state index contributed by atoms with van der Waals surface area (Å²) in [5.74, 6) is 0.437. The molecule has 35 heavy (non-hydrogen) atoms. The number of hydrogen-bond acceptors (Lipinski definition) is 5. The van der Waals surface area contributed by atoms with E-state index in [1.54, 1.807) is 29.2 Å². The summed E-state index contributed by atoms with van der Waals surface area (Å²) in [7, 11) is 0. The smallest absolute Gasteiger partial charge is 0.322 e. The van der Waals surface area contributed by atoms with Crippen molar-refractivity contribution in [3.8, 4) is 17.3 Å². The Hall–Kier alpha value is -4.51. The molecule has 174 valence electrons. The van der Waals surface area contributed by atoms with Crippen LogP contribution < -0.4 is 10.2 Å². The molecule has 7 nitrogen and oxygen atoms in total. The molecule has 5 rings (SSSR count). The zero-order chi connectivity index (χ0) is 24.4. The topological polar surface area (TPSA) is 85.2 Å². The summed E-state index contributed by atoms with van der Waals surface area (Å²) >= 11 is 0. The van der Waals surface area contributed by atoms with Gasteiger partial charge in [-0.15, -0.1) is 10.2 Å². The molecular formula is C27H23FN6O. The molecule has 1 aromatic heterocycles. The number of benzene rings is 3. The number of rotatable bonds is 3. The van der Waals surface area contributed by atoms with Crippen molar-refractivity contribution >= 4 is 28.3 Å². The highest BCUT2D eigenvalue weighted by Crippen LogP contribution is 2.32. The summed E-state index contributed by atoms with van der Waals surface area (Å²) in [6.07, 6.45) is 0. The number of aromatic nitrogens is 2. The minimum absolute atomic E-state index is 0.0667. The lowest BCUT2D eigenvalue weighted by Crippen LogP contribution is -2.55. The van der Waals surface area contributed by atoms with Crippen molar-refractivity contribution in [2.75, 3.05) is 29.9 Å². The van der Waals surface area contributed by atoms with Gasteiger partial charge in [0, 0.05) is 47.7 Å². The number of amides is 2. The summed E-state index contributed by atoms with van der Waals surface area (Å²) in [6, 6.07) is 22.9. The number of carbonyl (C=O) groups is 1. The van der Waals surface area contributed by atoms with Gasteiger partial charge in [0.1, 0.15) is 11.5 Å². The summed E-state index contributed by atoms with van der Waals surface area (Å²) in [5, 5.41) is 23.0. The number of halogens is 1. The van der Waals surface area contributed by atoms with Gasteiger partial charge in [0.15, 0.2) is 5.82 Å². The lowest BCUT2D eigenvalue weighted by Gasteiger charge is -2.40. The van der Waals surface area contributed by atoms with Crippen LogP contribution in [0.5, 0.6) is 0 Å². The van der Waals surface area contributed by atoms with Crippen molar-refractivity contribution < 1.29 is 9.18 Å². The fourth-order valence-corrected chi connectivity index (χ4v) is 4.42. The Bertz CT molecular complexity index is 1410. The van der Waals surface area contributed by atoms with Gasteiger partial charge in [-0.25, -0.2) is 9.18 Å². The quantitative estimate of drug-likeness (QED) is 0.457. The Kier molecular flexibility index (Phi) is 5.98. The molecular weight excluding hydrogens is 443 g/mol. The maximum Gasteiger partial charge on any atom is 0.322 e. The van der Waals surface area contributed by atoms with Gasteiger partial charge in [0.05, 0.1) is 11.6 Å². The van der Waals surface area contributed by atoms with Crippen LogP contribution in [0, 0.1) is 17.1 Å². The maximum atomic E-state index is 13.2. The minimum atomic E-state index is -0.344. The first kappa shape index (κ1) is 22.3. The highest BCUT2D eigenvalue weighted by atomic mass is 19.1. The van der Waals surface area contributed by atoms with E-state index in [0.29, 0.717) is 30.9 Å². The van der Waals surface area contributed by atoms with E-state index in [1.165, 1.54) is 12.1 Å². The van der Waals surface area contributed by atoms with Gasteiger partial charge in [-0.05, 0) is 43.3 Å². The van der Waals surface area contributed by atoms with Gasteiger partial charge in [-0.3, -0.25) is 0 Å². The van der Waals surface area contributed by atoms with E-state index in [2.05, 4.69) is 26.5 Å². The molecule has 0 saturated carbocycles. The molecule has 1 N–H and O–H groups in total. The largest absolute Gasteiger partial charge is 0.351 e. The monoisotopic (exact) mass is 466 g/mol. The lowest BCUT2D eigenvalue weighted by atomic mass is 10.0. The van der Waals surface area contributed by atoms with Crippen molar-refractivity contribution in [2.45, 2.75) is 13.0 Å². The predicted octanol–water partition coefficient (Wildman–Crippen LogP) is 5.05. The summed E-state index contributed by atoms with van der Waals surface area (Å²) in [5.41, 5.74) is 2.81. The molecule has 1 atom stereocenters. The molecule has 2 amide bonds. The number of nitrogens with one attached hydrogen (secondary N) is 1. The molecule has 1 fully saturated rings. The van der Waals surface area contributed by atoms with Crippen LogP contribution in [-0.4, -0.2) is 46.8 Å². The first-order chi connectivity index (χ1) is 17.0. The SMILES string of the molecule is CC1CN(c2nnc(-c3ccc(C#N)cc3)c3ccccc23)CCN1C(=O)Nc1ccc(F)cc1. The van der Waals surface area contributed by atoms with E-state index in [0.717, 1.165) is 27.8 Å². The second-order valence-electron chi connectivity index (χ2n) is 8.53. The third-order valence-corrected chi connectivity index (χ3v) is 6.24. The van der Waals surface area contributed by atoms with Crippen LogP contribution in [0.3, 0.4) is 0 Å². The van der Waals surface area contributed by atoms with Gasteiger partial charge in [-0.1, -0.05) is 36.4 Å². The van der Waals surface area contributed by atoms with Crippen molar-refractivity contribution in [3.63, 3.8) is 0 Å². The number of carbonyl (C=O) groups excluding carboxylic acids is 1. The molecule has 1 unspecified atom stereocenters. The van der Waals surface area contributed by atoms with E-state index in [4.69, 9.17) is 5.26 Å². The van der Waals surface area contributed by atoms with Crippen LogP contribution in [0.1, 0.15) is 12.5 Å². The number of anilines is 2. The Labute approximate surface area is 202 Å². The van der Waals surface area contributed by atoms with Gasteiger partial charge >= 0.3 is 6.03 Å². The molecule has 0 bridgehead atoms. The molecule has 0 aliphatic carbocycles. The summed E-state index contributed by atoms with van der Waals surface area (Å²) < 4.78 is 13.2. The maximum absolute atomic E-state index is 13.2. The fourth-order valence-electron chi connectivity index (χ4n) is 4.42. The van der Waals surface area contributed by atoms with Crippen LogP contribution in [0.4, 0.5) is 20.7 Å². The van der Waals surface area contributed by atoms with Gasteiger partial charge in [0.2, 0.25) is 0 Å². The zero-order valence-corrected chi connectivity index (χ0v) is 19.1. The standard InChI is InChI=1S/C27H23FN6O/c1-18-17-33(14-15-34(18)27(35)30-22-12-10-21(28)11-13-22)26-24-5-3-2-4-23(24)25(31-32-26)20-8-6-19(16-29)7-9-20/h2-13,18H,14-15,17H2,1H3,(H,30,35). The van der Waals surface area contributed by atoms with Crippen molar-refractivity contribution in [1.29, 1.82) is 5.26 Å². The van der Waals surface area contributed by atoms with Gasteiger partial charge < -0.3 is 15.1 Å². The molecule has 0 spiro atoms. The van der Waals surface area contributed by atoms with Crippen molar-refractivity contribution in [3.05, 3.63) is 84.2 Å². The van der Waals surface area contributed by atoms with E-state index in [-0.39, 0.29) is 17.9 Å². The lowest BCUT2D eigenvalue weighted by molar-refractivity contribution is 0.184. The fraction of sp³-hybridized carbons (Fsp3) is 0.185. The molecule has 8 heteroatoms. The predicted molar refractivity (Wildman–Crippen MR) is 133 cm³/mol. The first-order valence-electron chi connectivity index (χ1n) is 11.4. The van der Waals surface area contributed by atoms with Crippen molar-refractivity contribution in [1.82, 2.24) is 15.1 Å². The Morgan fingerprint density at radius 2 is 1.71 bits per heavy atom. The van der Waals surface area contributed by atoms with Crippen LogP contribution in [0.25, 0.3) is 22.0 Å².